The molecule has 0 aromatic rings. The standard InChI is InChI=1S/C9H14N2O5S/c12-7(10-9(2-3-9)8(13)14)6-11-4-1-5-17(11,15)16/h1-6H2,(H,10,12)(H,13,14). The first-order valence-electron chi connectivity index (χ1n) is 5.38. The fourth-order valence-electron chi connectivity index (χ4n) is 1.85. The number of nitrogens with one attached hydrogen (secondary N) is 1. The van der Waals surface area contributed by atoms with Crippen molar-refractivity contribution in [3.63, 3.8) is 0 Å². The molecule has 2 rings (SSSR count). The van der Waals surface area contributed by atoms with Gasteiger partial charge in [0.15, 0.2) is 0 Å². The smallest absolute Gasteiger partial charge is 0.329 e. The third-order valence-electron chi connectivity index (χ3n) is 3.06. The lowest BCUT2D eigenvalue weighted by Crippen LogP contribution is -2.47. The van der Waals surface area contributed by atoms with Crippen molar-refractivity contribution >= 4 is 21.9 Å². The number of hydrogen-bond donors (Lipinski definition) is 2. The van der Waals surface area contributed by atoms with Gasteiger partial charge in [-0.2, -0.15) is 4.31 Å². The van der Waals surface area contributed by atoms with Gasteiger partial charge in [-0.05, 0) is 19.3 Å². The van der Waals surface area contributed by atoms with Crippen LogP contribution in [0.3, 0.4) is 0 Å². The number of sulfonamides is 1. The van der Waals surface area contributed by atoms with Crippen LogP contribution in [-0.2, 0) is 19.6 Å². The summed E-state index contributed by atoms with van der Waals surface area (Å²) in [5.41, 5.74) is -1.15. The van der Waals surface area contributed by atoms with E-state index in [9.17, 15) is 18.0 Å². The van der Waals surface area contributed by atoms with Gasteiger partial charge in [-0.15, -0.1) is 0 Å². The van der Waals surface area contributed by atoms with Crippen LogP contribution in [0.4, 0.5) is 0 Å². The topological polar surface area (TPSA) is 104 Å². The first-order chi connectivity index (χ1) is 7.86. The maximum Gasteiger partial charge on any atom is 0.329 e. The second-order valence-electron chi connectivity index (χ2n) is 4.44. The van der Waals surface area contributed by atoms with E-state index in [4.69, 9.17) is 5.11 Å². The summed E-state index contributed by atoms with van der Waals surface area (Å²) in [6, 6.07) is 0. The zero-order chi connectivity index (χ0) is 12.7. The number of nitrogens with zero attached hydrogens (tertiary/aromatic N) is 1. The van der Waals surface area contributed by atoms with Crippen LogP contribution in [0.2, 0.25) is 0 Å². The molecule has 2 N–H and O–H groups in total. The molecular weight excluding hydrogens is 248 g/mol. The molecule has 1 aliphatic carbocycles. The Balaban J connectivity index is 1.93. The first-order valence-corrected chi connectivity index (χ1v) is 6.99. The van der Waals surface area contributed by atoms with Crippen LogP contribution in [-0.4, -0.2) is 54.1 Å². The summed E-state index contributed by atoms with van der Waals surface area (Å²) in [5.74, 6) is -1.55. The lowest BCUT2D eigenvalue weighted by molar-refractivity contribution is -0.143. The number of rotatable bonds is 4. The number of carbonyl (C=O) groups excluding carboxylic acids is 1. The Morgan fingerprint density at radius 2 is 2.00 bits per heavy atom. The minimum atomic E-state index is -3.31. The summed E-state index contributed by atoms with van der Waals surface area (Å²) in [5, 5.41) is 11.3. The molecule has 1 heterocycles. The van der Waals surface area contributed by atoms with Crippen molar-refractivity contribution in [2.45, 2.75) is 24.8 Å². The van der Waals surface area contributed by atoms with Crippen molar-refractivity contribution in [1.29, 1.82) is 0 Å². The molecule has 0 aromatic heterocycles. The van der Waals surface area contributed by atoms with Gasteiger partial charge in [0.2, 0.25) is 15.9 Å². The average molecular weight is 262 g/mol. The van der Waals surface area contributed by atoms with Crippen LogP contribution in [0.1, 0.15) is 19.3 Å². The highest BCUT2D eigenvalue weighted by atomic mass is 32.2. The summed E-state index contributed by atoms with van der Waals surface area (Å²) < 4.78 is 24.0. The fraction of sp³-hybridized carbons (Fsp3) is 0.778. The molecule has 0 bridgehead atoms. The van der Waals surface area contributed by atoms with Crippen LogP contribution in [0, 0.1) is 0 Å². The Kier molecular flexibility index (Phi) is 2.86. The van der Waals surface area contributed by atoms with Gasteiger partial charge in [-0.3, -0.25) is 4.79 Å². The van der Waals surface area contributed by atoms with E-state index in [2.05, 4.69) is 5.32 Å². The predicted molar refractivity (Wildman–Crippen MR) is 57.7 cm³/mol. The molecule has 1 saturated heterocycles. The lowest BCUT2D eigenvalue weighted by Gasteiger charge is -2.16. The second kappa shape index (κ2) is 3.95. The Bertz CT molecular complexity index is 454. The van der Waals surface area contributed by atoms with Crippen molar-refractivity contribution in [3.8, 4) is 0 Å². The molecule has 2 aliphatic rings. The van der Waals surface area contributed by atoms with E-state index in [1.54, 1.807) is 0 Å². The summed E-state index contributed by atoms with van der Waals surface area (Å²) in [6.07, 6.45) is 1.32. The number of aliphatic carboxylic acids is 1. The predicted octanol–water partition coefficient (Wildman–Crippen LogP) is -1.24. The number of amides is 1. The molecule has 1 aliphatic heterocycles. The molecule has 1 saturated carbocycles. The van der Waals surface area contributed by atoms with E-state index in [0.717, 1.165) is 4.31 Å². The van der Waals surface area contributed by atoms with E-state index in [-0.39, 0.29) is 12.3 Å². The summed E-state index contributed by atoms with van der Waals surface area (Å²) in [6.45, 7) is 0.0488. The van der Waals surface area contributed by atoms with E-state index in [0.29, 0.717) is 25.8 Å². The Morgan fingerprint density at radius 1 is 1.35 bits per heavy atom. The highest BCUT2D eigenvalue weighted by molar-refractivity contribution is 7.89. The lowest BCUT2D eigenvalue weighted by atomic mass is 10.3. The van der Waals surface area contributed by atoms with Crippen molar-refractivity contribution in [2.24, 2.45) is 0 Å². The van der Waals surface area contributed by atoms with E-state index in [1.807, 2.05) is 0 Å². The zero-order valence-electron chi connectivity index (χ0n) is 9.18. The first kappa shape index (κ1) is 12.3. The summed E-state index contributed by atoms with van der Waals surface area (Å²) in [4.78, 5) is 22.4. The quantitative estimate of drug-likeness (QED) is 0.659. The Hall–Kier alpha value is -1.15. The number of hydrogen-bond acceptors (Lipinski definition) is 4. The van der Waals surface area contributed by atoms with Gasteiger partial charge in [-0.1, -0.05) is 0 Å². The number of carboxylic acid groups (broad SMARTS) is 1. The molecule has 0 atom stereocenters. The van der Waals surface area contributed by atoms with Gasteiger partial charge >= 0.3 is 5.97 Å². The highest BCUT2D eigenvalue weighted by Gasteiger charge is 2.51. The molecule has 96 valence electrons. The third kappa shape index (κ3) is 2.42. The average Bonchev–Trinajstić information content (AvgIpc) is 2.90. The second-order valence-corrected chi connectivity index (χ2v) is 6.53. The van der Waals surface area contributed by atoms with Gasteiger partial charge in [-0.25, -0.2) is 13.2 Å². The molecule has 8 heteroatoms. The van der Waals surface area contributed by atoms with Crippen molar-refractivity contribution in [2.75, 3.05) is 18.8 Å². The number of carboxylic acids is 1. The molecule has 17 heavy (non-hydrogen) atoms. The molecular formula is C9H14N2O5S. The molecule has 0 unspecified atom stereocenters. The highest BCUT2D eigenvalue weighted by Crippen LogP contribution is 2.35. The number of carbonyl (C=O) groups is 2. The van der Waals surface area contributed by atoms with Crippen LogP contribution in [0.25, 0.3) is 0 Å². The van der Waals surface area contributed by atoms with Gasteiger partial charge in [0.25, 0.3) is 0 Å². The SMILES string of the molecule is O=C(CN1CCCS1(=O)=O)NC1(C(=O)O)CC1. The van der Waals surface area contributed by atoms with Crippen LogP contribution >= 0.6 is 0 Å². The Labute approximate surface area is 98.8 Å². The minimum Gasteiger partial charge on any atom is -0.480 e. The van der Waals surface area contributed by atoms with Gasteiger partial charge in [0.05, 0.1) is 12.3 Å². The van der Waals surface area contributed by atoms with Crippen molar-refractivity contribution in [3.05, 3.63) is 0 Å². The third-order valence-corrected chi connectivity index (χ3v) is 4.96. The fourth-order valence-corrected chi connectivity index (χ4v) is 3.33. The minimum absolute atomic E-state index is 0.0599. The molecule has 0 aromatic carbocycles. The normalized spacial score (nSPS) is 25.4. The van der Waals surface area contributed by atoms with Gasteiger partial charge in [0, 0.05) is 6.54 Å². The molecule has 0 radical (unpaired) electrons. The summed E-state index contributed by atoms with van der Waals surface area (Å²) in [7, 11) is -3.31. The molecule has 7 nitrogen and oxygen atoms in total. The van der Waals surface area contributed by atoms with Crippen molar-refractivity contribution < 1.29 is 23.1 Å². The summed E-state index contributed by atoms with van der Waals surface area (Å²) >= 11 is 0. The maximum atomic E-state index is 11.6. The van der Waals surface area contributed by atoms with Crippen molar-refractivity contribution in [1.82, 2.24) is 9.62 Å². The van der Waals surface area contributed by atoms with Crippen LogP contribution in [0.15, 0.2) is 0 Å². The van der Waals surface area contributed by atoms with Gasteiger partial charge < -0.3 is 10.4 Å². The molecule has 2 fully saturated rings. The molecule has 1 amide bonds. The maximum absolute atomic E-state index is 11.6. The van der Waals surface area contributed by atoms with Crippen LogP contribution < -0.4 is 5.32 Å². The molecule has 0 spiro atoms. The van der Waals surface area contributed by atoms with E-state index in [1.165, 1.54) is 0 Å². The van der Waals surface area contributed by atoms with E-state index >= 15 is 0 Å². The van der Waals surface area contributed by atoms with E-state index < -0.39 is 27.4 Å². The van der Waals surface area contributed by atoms with Crippen LogP contribution in [0.5, 0.6) is 0 Å². The zero-order valence-corrected chi connectivity index (χ0v) is 9.99. The Morgan fingerprint density at radius 3 is 2.41 bits per heavy atom. The van der Waals surface area contributed by atoms with Gasteiger partial charge in [0.1, 0.15) is 5.54 Å². The monoisotopic (exact) mass is 262 g/mol. The largest absolute Gasteiger partial charge is 0.480 e.